The second-order valence-corrected chi connectivity index (χ2v) is 7.69. The van der Waals surface area contributed by atoms with Gasteiger partial charge in [-0.15, -0.1) is 0 Å². The van der Waals surface area contributed by atoms with Crippen LogP contribution in [0, 0.1) is 0 Å². The molecule has 0 spiro atoms. The maximum absolute atomic E-state index is 12.6. The van der Waals surface area contributed by atoms with Crippen LogP contribution in [0.5, 0.6) is 0 Å². The summed E-state index contributed by atoms with van der Waals surface area (Å²) in [6.45, 7) is 1.22. The van der Waals surface area contributed by atoms with Gasteiger partial charge in [0.25, 0.3) is 5.91 Å². The average molecular weight is 392 g/mol. The third-order valence-electron chi connectivity index (χ3n) is 4.67. The van der Waals surface area contributed by atoms with Gasteiger partial charge in [-0.3, -0.25) is 19.9 Å². The number of benzene rings is 1. The summed E-state index contributed by atoms with van der Waals surface area (Å²) in [4.78, 5) is 36.3. The van der Waals surface area contributed by atoms with Gasteiger partial charge in [-0.2, -0.15) is 0 Å². The van der Waals surface area contributed by atoms with Gasteiger partial charge in [0.15, 0.2) is 5.13 Å². The van der Waals surface area contributed by atoms with Crippen molar-refractivity contribution in [1.29, 1.82) is 0 Å². The van der Waals surface area contributed by atoms with Gasteiger partial charge in [0.2, 0.25) is 5.91 Å². The van der Waals surface area contributed by atoms with Gasteiger partial charge in [0.1, 0.15) is 5.69 Å². The molecule has 3 heterocycles. The third-order valence-corrected chi connectivity index (χ3v) is 5.67. The Morgan fingerprint density at radius 1 is 1.11 bits per heavy atom. The first-order valence-corrected chi connectivity index (χ1v) is 10.0. The van der Waals surface area contributed by atoms with Gasteiger partial charge < -0.3 is 4.90 Å². The lowest BCUT2D eigenvalue weighted by atomic mass is 10.1. The zero-order valence-corrected chi connectivity index (χ0v) is 16.1. The molecule has 0 saturated carbocycles. The van der Waals surface area contributed by atoms with E-state index in [1.54, 1.807) is 24.4 Å². The molecule has 4 rings (SSSR count). The van der Waals surface area contributed by atoms with Crippen LogP contribution in [-0.4, -0.2) is 33.2 Å². The minimum absolute atomic E-state index is 0.155. The number of carbonyl (C=O) groups excluding carboxylic acids is 2. The maximum atomic E-state index is 12.6. The summed E-state index contributed by atoms with van der Waals surface area (Å²) in [5.74, 6) is -0.121. The summed E-state index contributed by atoms with van der Waals surface area (Å²) in [7, 11) is 0. The molecule has 2 aromatic heterocycles. The van der Waals surface area contributed by atoms with Crippen LogP contribution in [-0.2, 0) is 24.2 Å². The van der Waals surface area contributed by atoms with Crippen LogP contribution >= 0.6 is 11.3 Å². The molecule has 7 heteroatoms. The molecule has 6 nitrogen and oxygen atoms in total. The number of amides is 2. The Labute approximate surface area is 167 Å². The molecule has 1 aliphatic rings. The lowest BCUT2D eigenvalue weighted by molar-refractivity contribution is -0.132. The monoisotopic (exact) mass is 392 g/mol. The number of pyridine rings is 1. The average Bonchev–Trinajstić information content (AvgIpc) is 3.14. The molecular weight excluding hydrogens is 372 g/mol. The first kappa shape index (κ1) is 18.3. The topological polar surface area (TPSA) is 75.2 Å². The van der Waals surface area contributed by atoms with E-state index in [1.807, 2.05) is 35.2 Å². The molecule has 28 heavy (non-hydrogen) atoms. The Hall–Kier alpha value is -3.06. The summed E-state index contributed by atoms with van der Waals surface area (Å²) in [5.41, 5.74) is 2.49. The van der Waals surface area contributed by atoms with Gasteiger partial charge in [0, 0.05) is 30.5 Å². The van der Waals surface area contributed by atoms with Gasteiger partial charge in [-0.1, -0.05) is 47.7 Å². The summed E-state index contributed by atoms with van der Waals surface area (Å²) < 4.78 is 0. The molecule has 142 valence electrons. The number of thiazole rings is 1. The Balaban J connectivity index is 1.36. The van der Waals surface area contributed by atoms with E-state index in [0.29, 0.717) is 36.8 Å². The highest BCUT2D eigenvalue weighted by Crippen LogP contribution is 2.29. The van der Waals surface area contributed by atoms with Gasteiger partial charge >= 0.3 is 0 Å². The van der Waals surface area contributed by atoms with Crippen LogP contribution in [0.2, 0.25) is 0 Å². The van der Waals surface area contributed by atoms with Crippen molar-refractivity contribution in [2.24, 2.45) is 0 Å². The Morgan fingerprint density at radius 3 is 2.71 bits per heavy atom. The smallest absolute Gasteiger partial charge is 0.276 e. The number of carbonyl (C=O) groups is 2. The van der Waals surface area contributed by atoms with Crippen LogP contribution < -0.4 is 5.32 Å². The van der Waals surface area contributed by atoms with Crippen molar-refractivity contribution in [3.63, 3.8) is 0 Å². The third kappa shape index (κ3) is 4.26. The molecule has 3 aromatic rings. The molecule has 0 radical (unpaired) electrons. The van der Waals surface area contributed by atoms with Crippen molar-refractivity contribution < 1.29 is 9.59 Å². The highest BCUT2D eigenvalue weighted by molar-refractivity contribution is 7.15. The van der Waals surface area contributed by atoms with Gasteiger partial charge in [-0.05, 0) is 24.1 Å². The van der Waals surface area contributed by atoms with Crippen LogP contribution in [0.3, 0.4) is 0 Å². The van der Waals surface area contributed by atoms with Gasteiger partial charge in [0.05, 0.1) is 12.2 Å². The van der Waals surface area contributed by atoms with E-state index < -0.39 is 0 Å². The van der Waals surface area contributed by atoms with E-state index >= 15 is 0 Å². The molecule has 1 aromatic carbocycles. The predicted molar refractivity (Wildman–Crippen MR) is 108 cm³/mol. The molecule has 0 aliphatic carbocycles. The lowest BCUT2D eigenvalue weighted by Gasteiger charge is -2.26. The Morgan fingerprint density at radius 2 is 1.93 bits per heavy atom. The van der Waals surface area contributed by atoms with Crippen molar-refractivity contribution in [2.45, 2.75) is 25.8 Å². The van der Waals surface area contributed by atoms with Crippen LogP contribution in [0.4, 0.5) is 5.13 Å². The molecule has 0 fully saturated rings. The minimum atomic E-state index is -0.275. The zero-order valence-electron chi connectivity index (χ0n) is 15.3. The molecule has 0 bridgehead atoms. The molecule has 0 atom stereocenters. The fourth-order valence-electron chi connectivity index (χ4n) is 3.17. The molecule has 1 N–H and O–H groups in total. The van der Waals surface area contributed by atoms with Crippen molar-refractivity contribution in [3.05, 3.63) is 76.6 Å². The van der Waals surface area contributed by atoms with E-state index in [-0.39, 0.29) is 11.8 Å². The summed E-state index contributed by atoms with van der Waals surface area (Å²) in [5, 5.41) is 3.36. The first-order valence-electron chi connectivity index (χ1n) is 9.22. The number of hydrogen-bond donors (Lipinski definition) is 1. The van der Waals surface area contributed by atoms with Gasteiger partial charge in [-0.25, -0.2) is 4.98 Å². The molecule has 0 unspecified atom stereocenters. The van der Waals surface area contributed by atoms with Crippen LogP contribution in [0.1, 0.15) is 33.0 Å². The highest BCUT2D eigenvalue weighted by Gasteiger charge is 2.24. The number of hydrogen-bond acceptors (Lipinski definition) is 5. The molecular formula is C21H20N4O2S. The number of fused-ring (bicyclic) bond motifs is 1. The second kappa shape index (κ2) is 8.31. The van der Waals surface area contributed by atoms with E-state index in [9.17, 15) is 9.59 Å². The van der Waals surface area contributed by atoms with E-state index in [0.717, 1.165) is 17.0 Å². The molecule has 1 aliphatic heterocycles. The summed E-state index contributed by atoms with van der Waals surface area (Å²) in [6.07, 6.45) is 3.54. The van der Waals surface area contributed by atoms with Crippen molar-refractivity contribution in [3.8, 4) is 0 Å². The lowest BCUT2D eigenvalue weighted by Crippen LogP contribution is -2.35. The minimum Gasteiger partial charge on any atom is -0.337 e. The van der Waals surface area contributed by atoms with E-state index in [2.05, 4.69) is 15.3 Å². The fraction of sp³-hybridized carbons (Fsp3) is 0.238. The number of nitrogens with zero attached hydrogens (tertiary/aromatic N) is 3. The van der Waals surface area contributed by atoms with E-state index in [1.165, 1.54) is 16.9 Å². The number of nitrogens with one attached hydrogen (secondary N) is 1. The quantitative estimate of drug-likeness (QED) is 0.723. The number of aromatic nitrogens is 2. The van der Waals surface area contributed by atoms with Crippen molar-refractivity contribution in [1.82, 2.24) is 14.9 Å². The number of rotatable bonds is 5. The first-order chi connectivity index (χ1) is 13.7. The highest BCUT2D eigenvalue weighted by atomic mass is 32.1. The fourth-order valence-corrected chi connectivity index (χ4v) is 4.19. The number of aryl methyl sites for hydroxylation is 1. The molecule has 0 saturated heterocycles. The Bertz CT molecular complexity index is 973. The van der Waals surface area contributed by atoms with Crippen molar-refractivity contribution >= 4 is 28.3 Å². The Kier molecular flexibility index (Phi) is 5.43. The zero-order chi connectivity index (χ0) is 19.3. The SMILES string of the molecule is O=C(Nc1nc2c(s1)CN(C(=O)CCc1ccccc1)CC2)c1ccccn1. The standard InChI is InChI=1S/C21H20N4O2S/c26-19(10-9-15-6-2-1-3-7-15)25-13-11-16-18(14-25)28-21(23-16)24-20(27)17-8-4-5-12-22-17/h1-8,12H,9-11,13-14H2,(H,23,24,27). The van der Waals surface area contributed by atoms with Crippen LogP contribution in [0.25, 0.3) is 0 Å². The van der Waals surface area contributed by atoms with Crippen LogP contribution in [0.15, 0.2) is 54.7 Å². The number of anilines is 1. The largest absolute Gasteiger partial charge is 0.337 e. The summed E-state index contributed by atoms with van der Waals surface area (Å²) in [6, 6.07) is 15.2. The van der Waals surface area contributed by atoms with Crippen molar-refractivity contribution in [2.75, 3.05) is 11.9 Å². The summed E-state index contributed by atoms with van der Waals surface area (Å²) >= 11 is 1.43. The predicted octanol–water partition coefficient (Wildman–Crippen LogP) is 3.31. The van der Waals surface area contributed by atoms with E-state index in [4.69, 9.17) is 0 Å². The maximum Gasteiger partial charge on any atom is 0.276 e. The molecule has 2 amide bonds. The normalized spacial score (nSPS) is 13.1. The second-order valence-electron chi connectivity index (χ2n) is 6.61.